The molecule has 2 heterocycles. The average molecular weight is 237 g/mol. The Morgan fingerprint density at radius 2 is 1.83 bits per heavy atom. The second-order valence-electron chi connectivity index (χ2n) is 3.81. The molecule has 0 unspecified atom stereocenters. The Kier molecular flexibility index (Phi) is 2.49. The summed E-state index contributed by atoms with van der Waals surface area (Å²) in [4.78, 5) is 0. The maximum atomic E-state index is 5.94. The molecule has 2 N–H and O–H groups in total. The highest BCUT2D eigenvalue weighted by Crippen LogP contribution is 2.21. The van der Waals surface area contributed by atoms with E-state index < -0.39 is 0 Å². The minimum atomic E-state index is 0.536. The van der Waals surface area contributed by atoms with Gasteiger partial charge in [0.05, 0.1) is 5.69 Å². The second kappa shape index (κ2) is 4.29. The predicted octanol–water partition coefficient (Wildman–Crippen LogP) is 1.91. The van der Waals surface area contributed by atoms with E-state index in [9.17, 15) is 0 Å². The van der Waals surface area contributed by atoms with Gasteiger partial charge in [-0.1, -0.05) is 30.3 Å². The van der Waals surface area contributed by atoms with Crippen LogP contribution in [-0.2, 0) is 0 Å². The summed E-state index contributed by atoms with van der Waals surface area (Å²) in [5, 5.41) is 12.2. The van der Waals surface area contributed by atoms with Crippen molar-refractivity contribution in [2.45, 2.75) is 0 Å². The molecule has 88 valence electrons. The van der Waals surface area contributed by atoms with Crippen molar-refractivity contribution in [2.75, 3.05) is 5.73 Å². The van der Waals surface area contributed by atoms with E-state index in [1.807, 2.05) is 42.5 Å². The third-order valence-corrected chi connectivity index (χ3v) is 2.58. The van der Waals surface area contributed by atoms with Crippen LogP contribution >= 0.6 is 0 Å². The average Bonchev–Trinajstić information content (AvgIpc) is 2.83. The van der Waals surface area contributed by atoms with Crippen LogP contribution in [0.15, 0.2) is 54.7 Å². The molecule has 0 spiro atoms. The van der Waals surface area contributed by atoms with Crippen molar-refractivity contribution in [2.24, 2.45) is 0 Å². The SMILES string of the molecule is Nc1cc(-c2ccccc2)nn1-c1cccnn1. The fourth-order valence-corrected chi connectivity index (χ4v) is 1.74. The molecule has 0 saturated carbocycles. The summed E-state index contributed by atoms with van der Waals surface area (Å²) in [5.74, 6) is 1.14. The van der Waals surface area contributed by atoms with Gasteiger partial charge in [-0.25, -0.2) is 0 Å². The molecule has 5 heteroatoms. The molecule has 0 aliphatic rings. The van der Waals surface area contributed by atoms with Gasteiger partial charge in [0.15, 0.2) is 5.82 Å². The predicted molar refractivity (Wildman–Crippen MR) is 69.0 cm³/mol. The molecule has 18 heavy (non-hydrogen) atoms. The molecule has 3 aromatic rings. The van der Waals surface area contributed by atoms with Crippen LogP contribution in [0.2, 0.25) is 0 Å². The van der Waals surface area contributed by atoms with Crippen molar-refractivity contribution in [3.05, 3.63) is 54.7 Å². The number of hydrogen-bond acceptors (Lipinski definition) is 4. The van der Waals surface area contributed by atoms with Gasteiger partial charge < -0.3 is 5.73 Å². The van der Waals surface area contributed by atoms with Crippen LogP contribution < -0.4 is 5.73 Å². The summed E-state index contributed by atoms with van der Waals surface area (Å²) in [5.41, 5.74) is 7.78. The maximum Gasteiger partial charge on any atom is 0.177 e. The standard InChI is InChI=1S/C13H11N5/c14-12-9-11(10-5-2-1-3-6-10)17-18(12)13-7-4-8-15-16-13/h1-9H,14H2. The lowest BCUT2D eigenvalue weighted by atomic mass is 10.2. The molecular formula is C13H11N5. The normalized spacial score (nSPS) is 10.4. The number of rotatable bonds is 2. The van der Waals surface area contributed by atoms with Crippen molar-refractivity contribution in [1.29, 1.82) is 0 Å². The second-order valence-corrected chi connectivity index (χ2v) is 3.81. The smallest absolute Gasteiger partial charge is 0.177 e. The quantitative estimate of drug-likeness (QED) is 0.739. The monoisotopic (exact) mass is 237 g/mol. The zero-order valence-corrected chi connectivity index (χ0v) is 9.56. The number of nitrogens with two attached hydrogens (primary N) is 1. The lowest BCUT2D eigenvalue weighted by Crippen LogP contribution is -2.04. The van der Waals surface area contributed by atoms with Crippen molar-refractivity contribution in [3.8, 4) is 17.1 Å². The Morgan fingerprint density at radius 3 is 2.56 bits per heavy atom. The fraction of sp³-hybridized carbons (Fsp3) is 0. The third-order valence-electron chi connectivity index (χ3n) is 2.58. The van der Waals surface area contributed by atoms with Crippen molar-refractivity contribution >= 4 is 5.82 Å². The van der Waals surface area contributed by atoms with E-state index >= 15 is 0 Å². The van der Waals surface area contributed by atoms with Crippen molar-refractivity contribution < 1.29 is 0 Å². The van der Waals surface area contributed by atoms with E-state index in [1.54, 1.807) is 16.9 Å². The summed E-state index contributed by atoms with van der Waals surface area (Å²) in [6, 6.07) is 15.3. The molecule has 0 saturated heterocycles. The third kappa shape index (κ3) is 1.82. The number of benzene rings is 1. The van der Waals surface area contributed by atoms with E-state index in [-0.39, 0.29) is 0 Å². The van der Waals surface area contributed by atoms with Gasteiger partial charge in [0.2, 0.25) is 0 Å². The largest absolute Gasteiger partial charge is 0.384 e. The van der Waals surface area contributed by atoms with Crippen LogP contribution in [0.4, 0.5) is 5.82 Å². The van der Waals surface area contributed by atoms with Crippen LogP contribution in [0.1, 0.15) is 0 Å². The molecule has 0 aliphatic heterocycles. The van der Waals surface area contributed by atoms with Crippen LogP contribution in [0, 0.1) is 0 Å². The number of aromatic nitrogens is 4. The molecule has 0 radical (unpaired) electrons. The summed E-state index contributed by atoms with van der Waals surface area (Å²) in [6.45, 7) is 0. The lowest BCUT2D eigenvalue weighted by molar-refractivity contribution is 0.825. The summed E-state index contributed by atoms with van der Waals surface area (Å²) in [6.07, 6.45) is 1.61. The van der Waals surface area contributed by atoms with Gasteiger partial charge in [0.25, 0.3) is 0 Å². The number of nitrogen functional groups attached to an aromatic ring is 1. The van der Waals surface area contributed by atoms with Crippen LogP contribution in [0.25, 0.3) is 17.1 Å². The van der Waals surface area contributed by atoms with Gasteiger partial charge in [-0.3, -0.25) is 0 Å². The number of anilines is 1. The van der Waals surface area contributed by atoms with E-state index in [0.29, 0.717) is 11.6 Å². The van der Waals surface area contributed by atoms with Gasteiger partial charge in [-0.2, -0.15) is 14.9 Å². The highest BCUT2D eigenvalue weighted by atomic mass is 15.4. The van der Waals surface area contributed by atoms with Crippen LogP contribution in [0.3, 0.4) is 0 Å². The molecule has 5 nitrogen and oxygen atoms in total. The van der Waals surface area contributed by atoms with Crippen molar-refractivity contribution in [1.82, 2.24) is 20.0 Å². The molecule has 3 rings (SSSR count). The minimum Gasteiger partial charge on any atom is -0.384 e. The highest BCUT2D eigenvalue weighted by molar-refractivity contribution is 5.63. The molecule has 0 fully saturated rings. The van der Waals surface area contributed by atoms with Crippen LogP contribution in [-0.4, -0.2) is 20.0 Å². The van der Waals surface area contributed by atoms with E-state index in [2.05, 4.69) is 15.3 Å². The number of nitrogens with zero attached hydrogens (tertiary/aromatic N) is 4. The maximum absolute atomic E-state index is 5.94. The molecule has 0 amide bonds. The Labute approximate surface area is 104 Å². The summed E-state index contributed by atoms with van der Waals surface area (Å²) >= 11 is 0. The first-order chi connectivity index (χ1) is 8.84. The van der Waals surface area contributed by atoms with Gasteiger partial charge in [-0.05, 0) is 12.1 Å². The minimum absolute atomic E-state index is 0.536. The molecule has 0 bridgehead atoms. The van der Waals surface area contributed by atoms with E-state index in [0.717, 1.165) is 11.3 Å². The topological polar surface area (TPSA) is 69.6 Å². The van der Waals surface area contributed by atoms with Gasteiger partial charge >= 0.3 is 0 Å². The van der Waals surface area contributed by atoms with Gasteiger partial charge in [-0.15, -0.1) is 5.10 Å². The number of hydrogen-bond donors (Lipinski definition) is 1. The van der Waals surface area contributed by atoms with Crippen molar-refractivity contribution in [3.63, 3.8) is 0 Å². The van der Waals surface area contributed by atoms with Gasteiger partial charge in [0.1, 0.15) is 5.82 Å². The highest BCUT2D eigenvalue weighted by Gasteiger charge is 2.09. The Balaban J connectivity index is 2.07. The molecule has 0 atom stereocenters. The first-order valence-electron chi connectivity index (χ1n) is 5.53. The van der Waals surface area contributed by atoms with E-state index in [4.69, 9.17) is 5.73 Å². The Morgan fingerprint density at radius 1 is 1.00 bits per heavy atom. The molecule has 2 aromatic heterocycles. The summed E-state index contributed by atoms with van der Waals surface area (Å²) < 4.78 is 1.58. The first kappa shape index (κ1) is 10.5. The van der Waals surface area contributed by atoms with E-state index in [1.165, 1.54) is 0 Å². The zero-order valence-electron chi connectivity index (χ0n) is 9.56. The molecular weight excluding hydrogens is 226 g/mol. The fourth-order valence-electron chi connectivity index (χ4n) is 1.74. The van der Waals surface area contributed by atoms with Crippen LogP contribution in [0.5, 0.6) is 0 Å². The molecule has 1 aromatic carbocycles. The zero-order chi connectivity index (χ0) is 12.4. The molecule has 0 aliphatic carbocycles. The first-order valence-corrected chi connectivity index (χ1v) is 5.53. The Hall–Kier alpha value is -2.69. The van der Waals surface area contributed by atoms with Gasteiger partial charge in [0, 0.05) is 17.8 Å². The Bertz CT molecular complexity index is 646. The lowest BCUT2D eigenvalue weighted by Gasteiger charge is -2.00. The summed E-state index contributed by atoms with van der Waals surface area (Å²) in [7, 11) is 0.